The highest BCUT2D eigenvalue weighted by atomic mass is 16.7. The molecule has 3 heterocycles. The quantitative estimate of drug-likeness (QED) is 0.432. The van der Waals surface area contributed by atoms with Gasteiger partial charge in [-0.1, -0.05) is 12.1 Å². The lowest BCUT2D eigenvalue weighted by molar-refractivity contribution is -0.153. The van der Waals surface area contributed by atoms with Crippen molar-refractivity contribution in [1.29, 1.82) is 0 Å². The fraction of sp³-hybridized carbons (Fsp3) is 0.379. The minimum atomic E-state index is -1.41. The maximum absolute atomic E-state index is 11.7. The van der Waals surface area contributed by atoms with Crippen LogP contribution in [0.1, 0.15) is 17.2 Å². The van der Waals surface area contributed by atoms with Gasteiger partial charge in [0, 0.05) is 5.56 Å². The minimum absolute atomic E-state index is 0.00982. The second kappa shape index (κ2) is 10.4. The van der Waals surface area contributed by atoms with Gasteiger partial charge in [0.1, 0.15) is 18.1 Å². The van der Waals surface area contributed by atoms with Gasteiger partial charge in [0.25, 0.3) is 0 Å². The lowest BCUT2D eigenvalue weighted by Crippen LogP contribution is -2.47. The van der Waals surface area contributed by atoms with Gasteiger partial charge in [-0.2, -0.15) is 0 Å². The lowest BCUT2D eigenvalue weighted by Gasteiger charge is -2.28. The van der Waals surface area contributed by atoms with Crippen molar-refractivity contribution in [1.82, 2.24) is 0 Å². The van der Waals surface area contributed by atoms with Crippen LogP contribution >= 0.6 is 0 Å². The Labute approximate surface area is 225 Å². The van der Waals surface area contributed by atoms with Crippen molar-refractivity contribution < 1.29 is 47.7 Å². The maximum Gasteiger partial charge on any atom is 0.232 e. The fourth-order valence-electron chi connectivity index (χ4n) is 5.22. The van der Waals surface area contributed by atoms with Gasteiger partial charge < -0.3 is 47.7 Å². The first-order valence-corrected chi connectivity index (χ1v) is 12.6. The molecule has 0 amide bonds. The summed E-state index contributed by atoms with van der Waals surface area (Å²) in [5, 5.41) is 11.7. The highest BCUT2D eigenvalue weighted by Gasteiger charge is 2.61. The zero-order chi connectivity index (χ0) is 27.0. The molecule has 0 bridgehead atoms. The van der Waals surface area contributed by atoms with E-state index in [0.29, 0.717) is 41.1 Å². The highest BCUT2D eigenvalue weighted by molar-refractivity contribution is 5.51. The summed E-state index contributed by atoms with van der Waals surface area (Å²) in [6.07, 6.45) is -1.50. The van der Waals surface area contributed by atoms with Crippen molar-refractivity contribution in [2.45, 2.75) is 24.6 Å². The molecule has 2 saturated heterocycles. The van der Waals surface area contributed by atoms with Gasteiger partial charge in [-0.25, -0.2) is 0 Å². The van der Waals surface area contributed by atoms with E-state index in [0.717, 1.165) is 16.9 Å². The molecule has 4 atom stereocenters. The molecule has 206 valence electrons. The van der Waals surface area contributed by atoms with Crippen molar-refractivity contribution in [2.24, 2.45) is 5.92 Å². The van der Waals surface area contributed by atoms with Crippen LogP contribution in [0.25, 0.3) is 0 Å². The van der Waals surface area contributed by atoms with Crippen molar-refractivity contribution in [3.8, 4) is 40.2 Å². The molecule has 1 N–H and O–H groups in total. The van der Waals surface area contributed by atoms with E-state index in [1.807, 2.05) is 36.4 Å². The molecule has 0 aromatic heterocycles. The van der Waals surface area contributed by atoms with E-state index in [1.54, 1.807) is 25.3 Å². The van der Waals surface area contributed by atoms with Crippen LogP contribution in [0.5, 0.6) is 40.2 Å². The summed E-state index contributed by atoms with van der Waals surface area (Å²) in [6, 6.07) is 16.5. The molecule has 0 radical (unpaired) electrons. The Morgan fingerprint density at radius 3 is 2.41 bits per heavy atom. The number of methoxy groups -OCH3 is 3. The molecule has 10 nitrogen and oxygen atoms in total. The molecule has 0 aliphatic carbocycles. The SMILES string of the molecule is COc1ccc(OCc2ccc3c(c2)OCO3)cc1[C@H]1OC[C@]2(O)[C@@H](Oc3c(OC)cccc3OC)OC[C@H]12. The summed E-state index contributed by atoms with van der Waals surface area (Å²) in [5.74, 6) is 3.55. The van der Waals surface area contributed by atoms with E-state index in [4.69, 9.17) is 42.6 Å². The molecule has 3 aromatic carbocycles. The second-order valence-corrected chi connectivity index (χ2v) is 9.48. The minimum Gasteiger partial charge on any atom is -0.496 e. The number of hydrogen-bond donors (Lipinski definition) is 1. The predicted molar refractivity (Wildman–Crippen MR) is 137 cm³/mol. The Balaban J connectivity index is 1.21. The summed E-state index contributed by atoms with van der Waals surface area (Å²) in [5.41, 5.74) is 0.282. The third kappa shape index (κ3) is 4.54. The molecule has 3 aliphatic heterocycles. The molecule has 39 heavy (non-hydrogen) atoms. The Bertz CT molecular complexity index is 1320. The molecule has 0 spiro atoms. The van der Waals surface area contributed by atoms with Crippen LogP contribution in [0, 0.1) is 5.92 Å². The van der Waals surface area contributed by atoms with Crippen LogP contribution in [-0.4, -0.2) is 58.3 Å². The molecule has 3 aliphatic rings. The summed E-state index contributed by atoms with van der Waals surface area (Å²) in [4.78, 5) is 0. The Kier molecular flexibility index (Phi) is 6.76. The van der Waals surface area contributed by atoms with Crippen molar-refractivity contribution >= 4 is 0 Å². The number of ether oxygens (including phenoxy) is 9. The van der Waals surface area contributed by atoms with Crippen molar-refractivity contribution in [3.63, 3.8) is 0 Å². The lowest BCUT2D eigenvalue weighted by atomic mass is 9.85. The van der Waals surface area contributed by atoms with Crippen molar-refractivity contribution in [3.05, 3.63) is 65.7 Å². The van der Waals surface area contributed by atoms with Crippen LogP contribution < -0.4 is 33.2 Å². The largest absolute Gasteiger partial charge is 0.496 e. The van der Waals surface area contributed by atoms with Crippen LogP contribution in [0.2, 0.25) is 0 Å². The molecule has 0 unspecified atom stereocenters. The number of para-hydroxylation sites is 1. The number of rotatable bonds is 9. The molecular formula is C29H30O10. The molecule has 10 heteroatoms. The van der Waals surface area contributed by atoms with Crippen LogP contribution in [-0.2, 0) is 16.1 Å². The van der Waals surface area contributed by atoms with E-state index in [-0.39, 0.29) is 20.0 Å². The zero-order valence-corrected chi connectivity index (χ0v) is 21.9. The summed E-state index contributed by atoms with van der Waals surface area (Å²) in [6.45, 7) is 0.782. The summed E-state index contributed by atoms with van der Waals surface area (Å²) >= 11 is 0. The summed E-state index contributed by atoms with van der Waals surface area (Å²) in [7, 11) is 4.67. The third-order valence-electron chi connectivity index (χ3n) is 7.29. The monoisotopic (exact) mass is 538 g/mol. The van der Waals surface area contributed by atoms with E-state index in [9.17, 15) is 5.11 Å². The number of benzene rings is 3. The number of hydrogen-bond acceptors (Lipinski definition) is 10. The van der Waals surface area contributed by atoms with Crippen LogP contribution in [0.4, 0.5) is 0 Å². The zero-order valence-electron chi connectivity index (χ0n) is 21.9. The van der Waals surface area contributed by atoms with Gasteiger partial charge in [-0.15, -0.1) is 0 Å². The topological polar surface area (TPSA) is 103 Å². The average Bonchev–Trinajstić information content (AvgIpc) is 3.65. The third-order valence-corrected chi connectivity index (χ3v) is 7.29. The molecule has 6 rings (SSSR count). The normalized spacial score (nSPS) is 24.8. The molecule has 3 aromatic rings. The number of fused-ring (bicyclic) bond motifs is 2. The Morgan fingerprint density at radius 2 is 1.64 bits per heavy atom. The highest BCUT2D eigenvalue weighted by Crippen LogP contribution is 2.51. The Morgan fingerprint density at radius 1 is 0.872 bits per heavy atom. The predicted octanol–water partition coefficient (Wildman–Crippen LogP) is 3.87. The smallest absolute Gasteiger partial charge is 0.232 e. The van der Waals surface area contributed by atoms with Gasteiger partial charge in [0.15, 0.2) is 28.6 Å². The van der Waals surface area contributed by atoms with Crippen molar-refractivity contribution in [2.75, 3.05) is 41.3 Å². The fourth-order valence-corrected chi connectivity index (χ4v) is 5.22. The van der Waals surface area contributed by atoms with E-state index >= 15 is 0 Å². The molecular weight excluding hydrogens is 508 g/mol. The van der Waals surface area contributed by atoms with Crippen LogP contribution in [0.15, 0.2) is 54.6 Å². The van der Waals surface area contributed by atoms with E-state index in [2.05, 4.69) is 0 Å². The van der Waals surface area contributed by atoms with Gasteiger partial charge in [-0.3, -0.25) is 0 Å². The standard InChI is InChI=1S/C29H30O10/c1-31-21-10-8-18(34-13-17-7-9-22-25(11-17)38-16-37-22)12-19(21)26-20-14-35-28(29(20,30)15-36-26)39-27-23(32-2)5-4-6-24(27)33-3/h4-12,20,26,28,30H,13-16H2,1-3H3/t20-,26-,28-,29-/m1/s1. The first-order chi connectivity index (χ1) is 19.0. The van der Waals surface area contributed by atoms with Gasteiger partial charge in [0.2, 0.25) is 18.8 Å². The Hall–Kier alpha value is -3.86. The van der Waals surface area contributed by atoms with Crippen LogP contribution in [0.3, 0.4) is 0 Å². The maximum atomic E-state index is 11.7. The average molecular weight is 539 g/mol. The number of aliphatic hydroxyl groups is 1. The summed E-state index contributed by atoms with van der Waals surface area (Å²) < 4.78 is 51.7. The van der Waals surface area contributed by atoms with E-state index < -0.39 is 23.9 Å². The molecule has 2 fully saturated rings. The second-order valence-electron chi connectivity index (χ2n) is 9.48. The first-order valence-electron chi connectivity index (χ1n) is 12.6. The van der Waals surface area contributed by atoms with Gasteiger partial charge in [0.05, 0.1) is 46.6 Å². The molecule has 0 saturated carbocycles. The van der Waals surface area contributed by atoms with Gasteiger partial charge >= 0.3 is 0 Å². The van der Waals surface area contributed by atoms with E-state index in [1.165, 1.54) is 14.2 Å². The first kappa shape index (κ1) is 25.4. The van der Waals surface area contributed by atoms with Gasteiger partial charge in [-0.05, 0) is 48.0 Å².